The van der Waals surface area contributed by atoms with Crippen LogP contribution in [0.5, 0.6) is 0 Å². The Labute approximate surface area is 181 Å². The largest absolute Gasteiger partial charge is 0.336 e. The summed E-state index contributed by atoms with van der Waals surface area (Å²) in [6.07, 6.45) is 5.29. The number of halogens is 2. The number of nitrogens with zero attached hydrogens (tertiary/aromatic N) is 2. The minimum absolute atomic E-state index is 0.00320. The molecule has 0 spiro atoms. The Bertz CT molecular complexity index is 823. The van der Waals surface area contributed by atoms with Gasteiger partial charge in [-0.2, -0.15) is 0 Å². The number of carbonyl (C=O) groups is 3. The van der Waals surface area contributed by atoms with Crippen molar-refractivity contribution in [1.29, 1.82) is 0 Å². The number of benzene rings is 1. The van der Waals surface area contributed by atoms with Crippen LogP contribution in [0.2, 0.25) is 10.0 Å². The molecule has 4 amide bonds. The molecule has 3 rings (SSSR count). The first-order chi connectivity index (χ1) is 13.6. The molecule has 1 heterocycles. The SMILES string of the molecule is CC(C)N(C(=O)CN1C(=O)NC(C)(c2ccc(Cl)cc2Cl)C1=O)C1CCCCC1. The minimum Gasteiger partial charge on any atom is -0.336 e. The van der Waals surface area contributed by atoms with E-state index in [1.165, 1.54) is 12.5 Å². The minimum atomic E-state index is -1.34. The van der Waals surface area contributed by atoms with E-state index in [4.69, 9.17) is 23.2 Å². The predicted octanol–water partition coefficient (Wildman–Crippen LogP) is 4.33. The van der Waals surface area contributed by atoms with Crippen LogP contribution in [0.1, 0.15) is 58.4 Å². The maximum Gasteiger partial charge on any atom is 0.325 e. The Morgan fingerprint density at radius 2 is 1.90 bits per heavy atom. The van der Waals surface area contributed by atoms with Crippen LogP contribution in [-0.2, 0) is 15.1 Å². The molecule has 1 saturated carbocycles. The number of nitrogens with one attached hydrogen (secondary N) is 1. The predicted molar refractivity (Wildman–Crippen MR) is 113 cm³/mol. The Hall–Kier alpha value is -1.79. The van der Waals surface area contributed by atoms with Gasteiger partial charge in [0.1, 0.15) is 12.1 Å². The molecule has 1 saturated heterocycles. The molecule has 1 aromatic carbocycles. The van der Waals surface area contributed by atoms with Crippen molar-refractivity contribution in [2.45, 2.75) is 70.5 Å². The Kier molecular flexibility index (Phi) is 6.44. The van der Waals surface area contributed by atoms with Crippen molar-refractivity contribution in [2.24, 2.45) is 0 Å². The Morgan fingerprint density at radius 1 is 1.24 bits per heavy atom. The monoisotopic (exact) mass is 439 g/mol. The fourth-order valence-electron chi connectivity index (χ4n) is 4.41. The second kappa shape index (κ2) is 8.52. The van der Waals surface area contributed by atoms with Crippen LogP contribution in [0.4, 0.5) is 4.79 Å². The lowest BCUT2D eigenvalue weighted by atomic mass is 9.92. The van der Waals surface area contributed by atoms with Crippen LogP contribution in [-0.4, -0.2) is 46.3 Å². The Morgan fingerprint density at radius 3 is 2.48 bits per heavy atom. The first-order valence-corrected chi connectivity index (χ1v) is 10.8. The highest BCUT2D eigenvalue weighted by Crippen LogP contribution is 2.35. The number of amides is 4. The molecule has 0 bridgehead atoms. The van der Waals surface area contributed by atoms with Crippen molar-refractivity contribution in [3.05, 3.63) is 33.8 Å². The summed E-state index contributed by atoms with van der Waals surface area (Å²) in [6.45, 7) is 5.25. The van der Waals surface area contributed by atoms with Crippen LogP contribution in [0.25, 0.3) is 0 Å². The zero-order valence-corrected chi connectivity index (χ0v) is 18.5. The van der Waals surface area contributed by atoms with Gasteiger partial charge < -0.3 is 10.2 Å². The molecule has 0 radical (unpaired) electrons. The number of urea groups is 1. The highest BCUT2D eigenvalue weighted by Gasteiger charge is 2.50. The number of hydrogen-bond donors (Lipinski definition) is 1. The van der Waals surface area contributed by atoms with Crippen molar-refractivity contribution in [1.82, 2.24) is 15.1 Å². The van der Waals surface area contributed by atoms with E-state index >= 15 is 0 Å². The summed E-state index contributed by atoms with van der Waals surface area (Å²) in [6, 6.07) is 4.34. The van der Waals surface area contributed by atoms with Gasteiger partial charge in [-0.1, -0.05) is 48.5 Å². The molecule has 29 heavy (non-hydrogen) atoms. The van der Waals surface area contributed by atoms with Gasteiger partial charge in [0.15, 0.2) is 0 Å². The summed E-state index contributed by atoms with van der Waals surface area (Å²) < 4.78 is 0. The molecule has 8 heteroatoms. The molecule has 2 aliphatic rings. The standard InChI is InChI=1S/C21H27Cl2N3O3/c1-13(2)26(15-7-5-4-6-8-15)18(27)12-25-19(28)21(3,24-20(25)29)16-10-9-14(22)11-17(16)23/h9-11,13,15H,4-8,12H2,1-3H3,(H,24,29). The summed E-state index contributed by atoms with van der Waals surface area (Å²) in [7, 11) is 0. The van der Waals surface area contributed by atoms with Crippen LogP contribution in [0.15, 0.2) is 18.2 Å². The normalized spacial score (nSPS) is 22.9. The summed E-state index contributed by atoms with van der Waals surface area (Å²) in [4.78, 5) is 41.7. The molecular weight excluding hydrogens is 413 g/mol. The van der Waals surface area contributed by atoms with Crippen molar-refractivity contribution in [3.8, 4) is 0 Å². The molecule has 1 aliphatic heterocycles. The Balaban J connectivity index is 1.81. The molecule has 1 N–H and O–H groups in total. The van der Waals surface area contributed by atoms with E-state index in [0.29, 0.717) is 10.6 Å². The van der Waals surface area contributed by atoms with E-state index in [2.05, 4.69) is 5.32 Å². The number of imide groups is 1. The van der Waals surface area contributed by atoms with Crippen LogP contribution >= 0.6 is 23.2 Å². The zero-order valence-electron chi connectivity index (χ0n) is 17.0. The first kappa shape index (κ1) is 21.9. The van der Waals surface area contributed by atoms with E-state index < -0.39 is 17.5 Å². The van der Waals surface area contributed by atoms with Crippen molar-refractivity contribution in [3.63, 3.8) is 0 Å². The lowest BCUT2D eigenvalue weighted by molar-refractivity contribution is -0.142. The average molecular weight is 440 g/mol. The van der Waals surface area contributed by atoms with Crippen LogP contribution < -0.4 is 5.32 Å². The second-order valence-electron chi connectivity index (χ2n) is 8.26. The van der Waals surface area contributed by atoms with Gasteiger partial charge in [-0.3, -0.25) is 14.5 Å². The summed E-state index contributed by atoms with van der Waals surface area (Å²) in [5.41, 5.74) is -0.892. The van der Waals surface area contributed by atoms with E-state index in [9.17, 15) is 14.4 Å². The van der Waals surface area contributed by atoms with Gasteiger partial charge in [0.2, 0.25) is 5.91 Å². The van der Waals surface area contributed by atoms with E-state index in [1.807, 2.05) is 18.7 Å². The fourth-order valence-corrected chi connectivity index (χ4v) is 5.00. The van der Waals surface area contributed by atoms with Gasteiger partial charge in [0.05, 0.1) is 0 Å². The van der Waals surface area contributed by atoms with E-state index in [0.717, 1.165) is 30.6 Å². The molecule has 1 unspecified atom stereocenters. The van der Waals surface area contributed by atoms with Crippen LogP contribution in [0.3, 0.4) is 0 Å². The maximum absolute atomic E-state index is 13.2. The third-order valence-corrected chi connectivity index (χ3v) is 6.40. The maximum atomic E-state index is 13.2. The highest BCUT2D eigenvalue weighted by atomic mass is 35.5. The number of hydrogen-bond acceptors (Lipinski definition) is 3. The van der Waals surface area contributed by atoms with Gasteiger partial charge in [-0.15, -0.1) is 0 Å². The van der Waals surface area contributed by atoms with Gasteiger partial charge in [0, 0.05) is 27.7 Å². The smallest absolute Gasteiger partial charge is 0.325 e. The second-order valence-corrected chi connectivity index (χ2v) is 9.10. The lowest BCUT2D eigenvalue weighted by Gasteiger charge is -2.38. The van der Waals surface area contributed by atoms with Crippen molar-refractivity contribution < 1.29 is 14.4 Å². The first-order valence-electron chi connectivity index (χ1n) is 10.1. The summed E-state index contributed by atoms with van der Waals surface area (Å²) in [5, 5.41) is 3.42. The van der Waals surface area contributed by atoms with Crippen LogP contribution in [0, 0.1) is 0 Å². The van der Waals surface area contributed by atoms with Crippen molar-refractivity contribution in [2.75, 3.05) is 6.54 Å². The number of carbonyl (C=O) groups excluding carboxylic acids is 3. The lowest BCUT2D eigenvalue weighted by Crippen LogP contribution is -2.51. The molecule has 6 nitrogen and oxygen atoms in total. The molecule has 1 aromatic rings. The third kappa shape index (κ3) is 4.24. The zero-order chi connectivity index (χ0) is 21.3. The van der Waals surface area contributed by atoms with Gasteiger partial charge in [0.25, 0.3) is 5.91 Å². The molecule has 0 aromatic heterocycles. The molecular formula is C21H27Cl2N3O3. The molecule has 1 aliphatic carbocycles. The molecule has 158 valence electrons. The van der Waals surface area contributed by atoms with E-state index in [1.54, 1.807) is 19.1 Å². The van der Waals surface area contributed by atoms with E-state index in [-0.39, 0.29) is 29.6 Å². The summed E-state index contributed by atoms with van der Waals surface area (Å²) >= 11 is 12.2. The third-order valence-electron chi connectivity index (χ3n) is 5.85. The van der Waals surface area contributed by atoms with Gasteiger partial charge in [-0.05, 0) is 45.7 Å². The topological polar surface area (TPSA) is 69.7 Å². The van der Waals surface area contributed by atoms with Crippen molar-refractivity contribution >= 4 is 41.0 Å². The summed E-state index contributed by atoms with van der Waals surface area (Å²) in [5.74, 6) is -0.700. The van der Waals surface area contributed by atoms with Gasteiger partial charge in [-0.25, -0.2) is 4.79 Å². The fraction of sp³-hybridized carbons (Fsp3) is 0.571. The van der Waals surface area contributed by atoms with Gasteiger partial charge >= 0.3 is 6.03 Å². The molecule has 1 atom stereocenters. The number of rotatable bonds is 5. The highest BCUT2D eigenvalue weighted by molar-refractivity contribution is 6.35. The average Bonchev–Trinajstić information content (AvgIpc) is 2.86. The quantitative estimate of drug-likeness (QED) is 0.693. The molecule has 2 fully saturated rings.